The van der Waals surface area contributed by atoms with Crippen LogP contribution in [-0.2, 0) is 17.9 Å². The van der Waals surface area contributed by atoms with E-state index in [4.69, 9.17) is 4.74 Å². The number of nitrogens with zero attached hydrogens (tertiary/aromatic N) is 1. The first-order valence-corrected chi connectivity index (χ1v) is 6.97. The maximum Gasteiger partial charge on any atom is 0.191 e. The molecule has 1 aromatic rings. The van der Waals surface area contributed by atoms with Crippen LogP contribution >= 0.6 is 0 Å². The van der Waals surface area contributed by atoms with Crippen molar-refractivity contribution in [3.8, 4) is 0 Å². The second kappa shape index (κ2) is 9.39. The lowest BCUT2D eigenvalue weighted by molar-refractivity contribution is 0.134. The highest BCUT2D eigenvalue weighted by Gasteiger charge is 1.97. The van der Waals surface area contributed by atoms with E-state index in [1.54, 1.807) is 0 Å². The van der Waals surface area contributed by atoms with Gasteiger partial charge in [0.25, 0.3) is 0 Å². The van der Waals surface area contributed by atoms with Crippen molar-refractivity contribution in [1.29, 1.82) is 0 Å². The SMILES string of the molecule is CCNC(=NCc1ccc(COCC)cc1)NCC. The van der Waals surface area contributed by atoms with Crippen LogP contribution in [0.2, 0.25) is 0 Å². The standard InChI is InChI=1S/C15H25N3O/c1-4-16-15(17-5-2)18-11-13-7-9-14(10-8-13)12-19-6-3/h7-10H,4-6,11-12H2,1-3H3,(H2,16,17,18). The third-order valence-corrected chi connectivity index (χ3v) is 2.60. The summed E-state index contributed by atoms with van der Waals surface area (Å²) in [5.74, 6) is 0.864. The number of nitrogens with one attached hydrogen (secondary N) is 2. The Kier molecular flexibility index (Phi) is 7.66. The van der Waals surface area contributed by atoms with Gasteiger partial charge in [0, 0.05) is 19.7 Å². The Bertz CT molecular complexity index is 365. The number of benzene rings is 1. The van der Waals surface area contributed by atoms with Gasteiger partial charge < -0.3 is 15.4 Å². The van der Waals surface area contributed by atoms with Crippen LogP contribution in [0.4, 0.5) is 0 Å². The molecule has 2 N–H and O–H groups in total. The molecule has 0 saturated carbocycles. The van der Waals surface area contributed by atoms with E-state index in [9.17, 15) is 0 Å². The van der Waals surface area contributed by atoms with Crippen LogP contribution < -0.4 is 10.6 Å². The predicted molar refractivity (Wildman–Crippen MR) is 80.3 cm³/mol. The molecule has 0 aliphatic rings. The summed E-state index contributed by atoms with van der Waals surface area (Å²) < 4.78 is 5.37. The van der Waals surface area contributed by atoms with Crippen molar-refractivity contribution < 1.29 is 4.74 Å². The van der Waals surface area contributed by atoms with E-state index in [0.717, 1.165) is 25.7 Å². The van der Waals surface area contributed by atoms with Gasteiger partial charge in [-0.15, -0.1) is 0 Å². The number of ether oxygens (including phenoxy) is 1. The molecule has 0 radical (unpaired) electrons. The van der Waals surface area contributed by atoms with Gasteiger partial charge in [0.05, 0.1) is 13.2 Å². The zero-order valence-corrected chi connectivity index (χ0v) is 12.2. The van der Waals surface area contributed by atoms with Crippen LogP contribution in [-0.4, -0.2) is 25.7 Å². The van der Waals surface area contributed by atoms with E-state index in [1.807, 2.05) is 6.92 Å². The highest BCUT2D eigenvalue weighted by molar-refractivity contribution is 5.79. The Labute approximate surface area is 116 Å². The average Bonchev–Trinajstić information content (AvgIpc) is 2.44. The molecule has 0 bridgehead atoms. The molecule has 0 aliphatic heterocycles. The molecule has 1 aromatic carbocycles. The summed E-state index contributed by atoms with van der Waals surface area (Å²) >= 11 is 0. The fourth-order valence-electron chi connectivity index (χ4n) is 1.64. The topological polar surface area (TPSA) is 45.7 Å². The lowest BCUT2D eigenvalue weighted by Crippen LogP contribution is -2.36. The van der Waals surface area contributed by atoms with E-state index in [-0.39, 0.29) is 0 Å². The normalized spacial score (nSPS) is 10.1. The summed E-state index contributed by atoms with van der Waals surface area (Å²) in [5.41, 5.74) is 2.40. The molecule has 0 unspecified atom stereocenters. The Hall–Kier alpha value is -1.55. The largest absolute Gasteiger partial charge is 0.377 e. The molecular weight excluding hydrogens is 238 g/mol. The summed E-state index contributed by atoms with van der Waals surface area (Å²) in [5, 5.41) is 6.42. The first-order valence-electron chi connectivity index (χ1n) is 6.97. The van der Waals surface area contributed by atoms with E-state index >= 15 is 0 Å². The van der Waals surface area contributed by atoms with Crippen molar-refractivity contribution in [2.24, 2.45) is 4.99 Å². The van der Waals surface area contributed by atoms with Gasteiger partial charge in [0.1, 0.15) is 0 Å². The molecule has 4 heteroatoms. The van der Waals surface area contributed by atoms with Crippen molar-refractivity contribution in [2.45, 2.75) is 33.9 Å². The minimum Gasteiger partial charge on any atom is -0.377 e. The second-order valence-electron chi connectivity index (χ2n) is 4.18. The highest BCUT2D eigenvalue weighted by Crippen LogP contribution is 2.06. The Morgan fingerprint density at radius 3 is 2.11 bits per heavy atom. The van der Waals surface area contributed by atoms with Crippen molar-refractivity contribution in [3.63, 3.8) is 0 Å². The number of hydrogen-bond acceptors (Lipinski definition) is 2. The lowest BCUT2D eigenvalue weighted by Gasteiger charge is -2.09. The number of aliphatic imine (C=N–C) groups is 1. The van der Waals surface area contributed by atoms with Gasteiger partial charge in [-0.05, 0) is 31.9 Å². The predicted octanol–water partition coefficient (Wildman–Crippen LogP) is 2.30. The van der Waals surface area contributed by atoms with Crippen molar-refractivity contribution in [2.75, 3.05) is 19.7 Å². The molecule has 19 heavy (non-hydrogen) atoms. The average molecular weight is 263 g/mol. The zero-order chi connectivity index (χ0) is 13.9. The van der Waals surface area contributed by atoms with Crippen LogP contribution in [0.25, 0.3) is 0 Å². The zero-order valence-electron chi connectivity index (χ0n) is 12.2. The van der Waals surface area contributed by atoms with Crippen LogP contribution in [0.1, 0.15) is 31.9 Å². The molecule has 0 atom stereocenters. The molecule has 0 heterocycles. The highest BCUT2D eigenvalue weighted by atomic mass is 16.5. The van der Waals surface area contributed by atoms with Gasteiger partial charge in [-0.25, -0.2) is 4.99 Å². The minimum atomic E-state index is 0.681. The van der Waals surface area contributed by atoms with E-state index in [0.29, 0.717) is 13.2 Å². The van der Waals surface area contributed by atoms with Crippen LogP contribution in [0.5, 0.6) is 0 Å². The van der Waals surface area contributed by atoms with Crippen molar-refractivity contribution in [1.82, 2.24) is 10.6 Å². The van der Waals surface area contributed by atoms with Gasteiger partial charge in [-0.3, -0.25) is 0 Å². The summed E-state index contributed by atoms with van der Waals surface area (Å²) in [6.07, 6.45) is 0. The quantitative estimate of drug-likeness (QED) is 0.586. The molecule has 0 aromatic heterocycles. The maximum atomic E-state index is 5.37. The first kappa shape index (κ1) is 15.5. The van der Waals surface area contributed by atoms with Crippen molar-refractivity contribution in [3.05, 3.63) is 35.4 Å². The third kappa shape index (κ3) is 6.25. The maximum absolute atomic E-state index is 5.37. The van der Waals surface area contributed by atoms with E-state index in [2.05, 4.69) is 53.7 Å². The van der Waals surface area contributed by atoms with Gasteiger partial charge in [-0.1, -0.05) is 24.3 Å². The third-order valence-electron chi connectivity index (χ3n) is 2.60. The summed E-state index contributed by atoms with van der Waals surface area (Å²) in [7, 11) is 0. The molecule has 106 valence electrons. The smallest absolute Gasteiger partial charge is 0.191 e. The number of guanidine groups is 1. The summed E-state index contributed by atoms with van der Waals surface area (Å²) in [4.78, 5) is 4.53. The molecule has 0 amide bonds. The minimum absolute atomic E-state index is 0.681. The first-order chi connectivity index (χ1) is 9.30. The van der Waals surface area contributed by atoms with Crippen LogP contribution in [0.3, 0.4) is 0 Å². The second-order valence-corrected chi connectivity index (χ2v) is 4.18. The van der Waals surface area contributed by atoms with Gasteiger partial charge in [0.2, 0.25) is 0 Å². The molecule has 0 aliphatic carbocycles. The van der Waals surface area contributed by atoms with E-state index in [1.165, 1.54) is 11.1 Å². The van der Waals surface area contributed by atoms with Gasteiger partial charge in [0.15, 0.2) is 5.96 Å². The van der Waals surface area contributed by atoms with Crippen molar-refractivity contribution >= 4 is 5.96 Å². The Balaban J connectivity index is 2.53. The molecule has 0 fully saturated rings. The molecule has 1 rings (SSSR count). The molecule has 0 saturated heterocycles. The monoisotopic (exact) mass is 263 g/mol. The molecule has 4 nitrogen and oxygen atoms in total. The van der Waals surface area contributed by atoms with Crippen LogP contribution in [0, 0.1) is 0 Å². The summed E-state index contributed by atoms with van der Waals surface area (Å²) in [6.45, 7) is 10.0. The molecular formula is C15H25N3O. The fourth-order valence-corrected chi connectivity index (χ4v) is 1.64. The Morgan fingerprint density at radius 2 is 1.58 bits per heavy atom. The number of hydrogen-bond donors (Lipinski definition) is 2. The van der Waals surface area contributed by atoms with E-state index < -0.39 is 0 Å². The summed E-state index contributed by atoms with van der Waals surface area (Å²) in [6, 6.07) is 8.40. The van der Waals surface area contributed by atoms with Crippen LogP contribution in [0.15, 0.2) is 29.3 Å². The lowest BCUT2D eigenvalue weighted by atomic mass is 10.1. The Morgan fingerprint density at radius 1 is 1.00 bits per heavy atom. The van der Waals surface area contributed by atoms with Gasteiger partial charge >= 0.3 is 0 Å². The number of rotatable bonds is 7. The molecule has 0 spiro atoms. The van der Waals surface area contributed by atoms with Gasteiger partial charge in [-0.2, -0.15) is 0 Å². The fraction of sp³-hybridized carbons (Fsp3) is 0.533.